The van der Waals surface area contributed by atoms with Gasteiger partial charge in [0.05, 0.1) is 12.7 Å². The minimum absolute atomic E-state index is 0.105. The molecule has 8 nitrogen and oxygen atoms in total. The maximum Gasteiger partial charge on any atom is 0.335 e. The summed E-state index contributed by atoms with van der Waals surface area (Å²) in [4.78, 5) is 50.2. The van der Waals surface area contributed by atoms with Crippen LogP contribution in [0.4, 0.5) is 5.69 Å². The van der Waals surface area contributed by atoms with Gasteiger partial charge in [0.15, 0.2) is 5.78 Å². The molecule has 3 rings (SSSR count). The first-order chi connectivity index (χ1) is 18.6. The molecule has 0 aliphatic heterocycles. The molecule has 1 amide bonds. The van der Waals surface area contributed by atoms with E-state index < -0.39 is 12.0 Å². The van der Waals surface area contributed by atoms with Gasteiger partial charge in [-0.1, -0.05) is 11.6 Å². The first-order valence-electron chi connectivity index (χ1n) is 11.7. The first-order valence-corrected chi connectivity index (χ1v) is 13.1. The molecule has 1 atom stereocenters. The standard InChI is InChI=1S/C29H27ClN2O6S/c1-18(34)23-9-6-21(30)15-25(23)24(10-12-33)27(38-3)16-32(2)26(14-19-11-13-39-17-19)28(35)31-22-7-4-20(5-8-22)29(36)37/h4-13,15-17,26H,14H2,1-3H3,(H,31,35)(H,36,37)/b24-10-,27-16+. The molecule has 0 aliphatic rings. The van der Waals surface area contributed by atoms with Gasteiger partial charge in [0, 0.05) is 41.5 Å². The lowest BCUT2D eigenvalue weighted by Gasteiger charge is -2.27. The van der Waals surface area contributed by atoms with Crippen molar-refractivity contribution >= 4 is 58.1 Å². The number of thiophene rings is 1. The van der Waals surface area contributed by atoms with Crippen LogP contribution in [0.1, 0.15) is 38.8 Å². The van der Waals surface area contributed by atoms with Crippen molar-refractivity contribution < 1.29 is 29.0 Å². The molecule has 0 aliphatic carbocycles. The number of aromatic carboxylic acids is 1. The molecule has 202 valence electrons. The van der Waals surface area contributed by atoms with E-state index in [0.29, 0.717) is 40.1 Å². The van der Waals surface area contributed by atoms with E-state index in [1.165, 1.54) is 55.7 Å². The number of carboxylic acids is 1. The molecule has 0 radical (unpaired) electrons. The average Bonchev–Trinajstić information content (AvgIpc) is 3.42. The third-order valence-electron chi connectivity index (χ3n) is 5.89. The van der Waals surface area contributed by atoms with Crippen LogP contribution in [0.3, 0.4) is 0 Å². The number of nitrogens with zero attached hydrogens (tertiary/aromatic N) is 1. The molecule has 1 heterocycles. The Morgan fingerprint density at radius 1 is 1.13 bits per heavy atom. The maximum absolute atomic E-state index is 13.5. The number of allylic oxidation sites excluding steroid dienone is 2. The molecule has 39 heavy (non-hydrogen) atoms. The Bertz CT molecular complexity index is 1410. The summed E-state index contributed by atoms with van der Waals surface area (Å²) in [6.07, 6.45) is 3.81. The molecule has 0 spiro atoms. The van der Waals surface area contributed by atoms with E-state index in [9.17, 15) is 19.2 Å². The van der Waals surface area contributed by atoms with Crippen molar-refractivity contribution in [2.24, 2.45) is 0 Å². The van der Waals surface area contributed by atoms with E-state index in [1.807, 2.05) is 16.8 Å². The molecule has 0 saturated heterocycles. The molecule has 1 aromatic heterocycles. The molecule has 3 aromatic rings. The van der Waals surface area contributed by atoms with E-state index in [4.69, 9.17) is 21.4 Å². The number of hydrogen-bond donors (Lipinski definition) is 2. The Labute approximate surface area is 235 Å². The van der Waals surface area contributed by atoms with Gasteiger partial charge < -0.3 is 20.1 Å². The maximum atomic E-state index is 13.5. The fourth-order valence-corrected chi connectivity index (χ4v) is 4.76. The van der Waals surface area contributed by atoms with Crippen LogP contribution < -0.4 is 5.32 Å². The number of nitrogens with one attached hydrogen (secondary N) is 1. The van der Waals surface area contributed by atoms with Gasteiger partial charge in [-0.3, -0.25) is 14.4 Å². The Hall–Kier alpha value is -4.21. The average molecular weight is 567 g/mol. The normalized spacial score (nSPS) is 12.4. The SMILES string of the molecule is COC(=C/N(C)C(Cc1ccsc1)C(=O)Nc1ccc(C(=O)O)cc1)/C(=C\C=O)c1cc(Cl)ccc1C(C)=O. The smallest absolute Gasteiger partial charge is 0.335 e. The third kappa shape index (κ3) is 7.66. The van der Waals surface area contributed by atoms with Gasteiger partial charge in [-0.05, 0) is 83.4 Å². The second kappa shape index (κ2) is 13.5. The minimum Gasteiger partial charge on any atom is -0.495 e. The van der Waals surface area contributed by atoms with E-state index in [-0.39, 0.29) is 23.0 Å². The van der Waals surface area contributed by atoms with E-state index in [2.05, 4.69) is 5.32 Å². The van der Waals surface area contributed by atoms with E-state index >= 15 is 0 Å². The summed E-state index contributed by atoms with van der Waals surface area (Å²) in [5, 5.41) is 16.2. The summed E-state index contributed by atoms with van der Waals surface area (Å²) >= 11 is 7.72. The second-order valence-corrected chi connectivity index (χ2v) is 9.77. The van der Waals surface area contributed by atoms with Crippen molar-refractivity contribution in [1.29, 1.82) is 0 Å². The number of carbonyl (C=O) groups is 4. The number of ketones is 1. The summed E-state index contributed by atoms with van der Waals surface area (Å²) in [5.41, 5.74) is 2.59. The number of aldehydes is 1. The lowest BCUT2D eigenvalue weighted by atomic mass is 9.95. The van der Waals surface area contributed by atoms with Crippen molar-refractivity contribution in [2.75, 3.05) is 19.5 Å². The Morgan fingerprint density at radius 2 is 1.85 bits per heavy atom. The number of carboxylic acid groups (broad SMARTS) is 1. The number of ether oxygens (including phenoxy) is 1. The third-order valence-corrected chi connectivity index (χ3v) is 6.86. The van der Waals surface area contributed by atoms with Gasteiger partial charge in [0.25, 0.3) is 0 Å². The zero-order chi connectivity index (χ0) is 28.5. The van der Waals surface area contributed by atoms with Gasteiger partial charge in [0.2, 0.25) is 5.91 Å². The fourth-order valence-electron chi connectivity index (χ4n) is 3.90. The molecule has 2 aromatic carbocycles. The predicted molar refractivity (Wildman–Crippen MR) is 152 cm³/mol. The van der Waals surface area contributed by atoms with Gasteiger partial charge in [-0.25, -0.2) is 4.79 Å². The molecule has 2 N–H and O–H groups in total. The monoisotopic (exact) mass is 566 g/mol. The minimum atomic E-state index is -1.06. The molecular formula is C29H27ClN2O6S. The van der Waals surface area contributed by atoms with Crippen LogP contribution in [-0.4, -0.2) is 54.2 Å². The number of hydrogen-bond acceptors (Lipinski definition) is 7. The zero-order valence-corrected chi connectivity index (χ0v) is 23.1. The van der Waals surface area contributed by atoms with Crippen LogP contribution >= 0.6 is 22.9 Å². The predicted octanol–water partition coefficient (Wildman–Crippen LogP) is 5.55. The van der Waals surface area contributed by atoms with Crippen molar-refractivity contribution in [3.05, 3.63) is 105 Å². The van der Waals surface area contributed by atoms with E-state index in [1.54, 1.807) is 36.3 Å². The summed E-state index contributed by atoms with van der Waals surface area (Å²) in [6, 6.07) is 11.8. The van der Waals surface area contributed by atoms with Crippen molar-refractivity contribution in [2.45, 2.75) is 19.4 Å². The molecule has 1 unspecified atom stereocenters. The van der Waals surface area contributed by atoms with Crippen LogP contribution in [0, 0.1) is 0 Å². The van der Waals surface area contributed by atoms with Crippen molar-refractivity contribution in [1.82, 2.24) is 4.90 Å². The molecular weight excluding hydrogens is 540 g/mol. The lowest BCUT2D eigenvalue weighted by Crippen LogP contribution is -2.41. The van der Waals surface area contributed by atoms with Crippen LogP contribution in [0.15, 0.2) is 77.3 Å². The number of benzene rings is 2. The Balaban J connectivity index is 1.99. The summed E-state index contributed by atoms with van der Waals surface area (Å²) in [7, 11) is 3.12. The second-order valence-electron chi connectivity index (χ2n) is 8.55. The van der Waals surface area contributed by atoms with E-state index in [0.717, 1.165) is 5.56 Å². The Morgan fingerprint density at radius 3 is 2.41 bits per heavy atom. The highest BCUT2D eigenvalue weighted by molar-refractivity contribution is 7.07. The highest BCUT2D eigenvalue weighted by Gasteiger charge is 2.25. The number of likely N-dealkylation sites (N-methyl/N-ethyl adjacent to an activating group) is 1. The van der Waals surface area contributed by atoms with Gasteiger partial charge in [0.1, 0.15) is 18.1 Å². The van der Waals surface area contributed by atoms with Crippen molar-refractivity contribution in [3.8, 4) is 0 Å². The van der Waals surface area contributed by atoms with Crippen LogP contribution in [0.25, 0.3) is 5.57 Å². The number of amides is 1. The van der Waals surface area contributed by atoms with Crippen molar-refractivity contribution in [3.63, 3.8) is 0 Å². The lowest BCUT2D eigenvalue weighted by molar-refractivity contribution is -0.120. The number of anilines is 1. The number of halogens is 1. The van der Waals surface area contributed by atoms with Crippen LogP contribution in [0.2, 0.25) is 5.02 Å². The van der Waals surface area contributed by atoms with Gasteiger partial charge in [-0.15, -0.1) is 0 Å². The first kappa shape index (κ1) is 29.3. The summed E-state index contributed by atoms with van der Waals surface area (Å²) < 4.78 is 5.64. The molecule has 0 bridgehead atoms. The fraction of sp³-hybridized carbons (Fsp3) is 0.172. The largest absolute Gasteiger partial charge is 0.495 e. The highest BCUT2D eigenvalue weighted by Crippen LogP contribution is 2.30. The summed E-state index contributed by atoms with van der Waals surface area (Å²) in [6.45, 7) is 1.41. The topological polar surface area (TPSA) is 113 Å². The zero-order valence-electron chi connectivity index (χ0n) is 21.5. The molecule has 0 fully saturated rings. The summed E-state index contributed by atoms with van der Waals surface area (Å²) in [5.74, 6) is -1.38. The number of carbonyl (C=O) groups excluding carboxylic acids is 3. The molecule has 10 heteroatoms. The highest BCUT2D eigenvalue weighted by atomic mass is 35.5. The molecule has 0 saturated carbocycles. The van der Waals surface area contributed by atoms with Gasteiger partial charge in [-0.2, -0.15) is 11.3 Å². The quantitative estimate of drug-likeness (QED) is 0.0970. The van der Waals surface area contributed by atoms with Crippen LogP contribution in [0.5, 0.6) is 0 Å². The number of methoxy groups -OCH3 is 1. The van der Waals surface area contributed by atoms with Crippen LogP contribution in [-0.2, 0) is 20.7 Å². The number of rotatable bonds is 12. The Kier molecular flexibility index (Phi) is 10.2. The van der Waals surface area contributed by atoms with Gasteiger partial charge >= 0.3 is 5.97 Å². The number of Topliss-reactive ketones (excluding diaryl/α,β-unsaturated/α-hetero) is 1.